The summed E-state index contributed by atoms with van der Waals surface area (Å²) in [6, 6.07) is 2.15. The third kappa shape index (κ3) is 2.93. The highest BCUT2D eigenvalue weighted by Gasteiger charge is 2.26. The minimum Gasteiger partial charge on any atom is -0.356 e. The third-order valence-corrected chi connectivity index (χ3v) is 4.12. The summed E-state index contributed by atoms with van der Waals surface area (Å²) in [7, 11) is 1.86. The quantitative estimate of drug-likeness (QED) is 0.842. The number of carbonyl (C=O) groups excluding carboxylic acids is 1. The summed E-state index contributed by atoms with van der Waals surface area (Å²) in [5.74, 6) is 1.75. The van der Waals surface area contributed by atoms with Crippen molar-refractivity contribution in [2.24, 2.45) is 0 Å². The number of aromatic nitrogens is 4. The molecule has 0 unspecified atom stereocenters. The lowest BCUT2D eigenvalue weighted by molar-refractivity contribution is 0.181. The number of piperidine rings is 1. The Morgan fingerprint density at radius 1 is 1.32 bits per heavy atom. The SMILES string of the molecule is Cc1nccc(N2CCC(N(C)C(=O)n3ccnc3)CC2)n1. The van der Waals surface area contributed by atoms with Crippen LogP contribution in [0, 0.1) is 6.92 Å². The number of imidazole rings is 1. The largest absolute Gasteiger partial charge is 0.356 e. The standard InChI is InChI=1S/C15H20N6O/c1-12-17-6-3-14(18-12)20-8-4-13(5-9-20)19(2)15(22)21-10-7-16-11-21/h3,6-7,10-11,13H,4-5,8-9H2,1-2H3. The number of nitrogens with zero attached hydrogens (tertiary/aromatic N) is 6. The first-order chi connectivity index (χ1) is 10.6. The average molecular weight is 300 g/mol. The fraction of sp³-hybridized carbons (Fsp3) is 0.467. The second-order valence-corrected chi connectivity index (χ2v) is 5.54. The molecule has 1 amide bonds. The van der Waals surface area contributed by atoms with Crippen LogP contribution in [0.1, 0.15) is 18.7 Å². The van der Waals surface area contributed by atoms with Crippen LogP contribution in [0.3, 0.4) is 0 Å². The highest BCUT2D eigenvalue weighted by atomic mass is 16.2. The smallest absolute Gasteiger partial charge is 0.329 e. The van der Waals surface area contributed by atoms with Gasteiger partial charge in [-0.2, -0.15) is 0 Å². The van der Waals surface area contributed by atoms with Crippen LogP contribution < -0.4 is 4.90 Å². The van der Waals surface area contributed by atoms with Gasteiger partial charge in [-0.15, -0.1) is 0 Å². The van der Waals surface area contributed by atoms with E-state index in [9.17, 15) is 4.79 Å². The Kier molecular flexibility index (Phi) is 4.04. The average Bonchev–Trinajstić information content (AvgIpc) is 3.08. The van der Waals surface area contributed by atoms with Crippen LogP contribution in [0.15, 0.2) is 31.0 Å². The Hall–Kier alpha value is -2.44. The maximum atomic E-state index is 12.3. The van der Waals surface area contributed by atoms with E-state index in [4.69, 9.17) is 0 Å². The summed E-state index contributed by atoms with van der Waals surface area (Å²) in [5, 5.41) is 0. The first-order valence-electron chi connectivity index (χ1n) is 7.45. The van der Waals surface area contributed by atoms with Crippen molar-refractivity contribution in [3.8, 4) is 0 Å². The lowest BCUT2D eigenvalue weighted by Crippen LogP contribution is -2.46. The van der Waals surface area contributed by atoms with Crippen molar-refractivity contribution in [3.63, 3.8) is 0 Å². The molecule has 7 heteroatoms. The molecule has 1 aliphatic rings. The lowest BCUT2D eigenvalue weighted by Gasteiger charge is -2.37. The van der Waals surface area contributed by atoms with Gasteiger partial charge < -0.3 is 9.80 Å². The van der Waals surface area contributed by atoms with E-state index in [1.54, 1.807) is 18.6 Å². The van der Waals surface area contributed by atoms with Gasteiger partial charge in [0.2, 0.25) is 0 Å². The second-order valence-electron chi connectivity index (χ2n) is 5.54. The molecule has 7 nitrogen and oxygen atoms in total. The van der Waals surface area contributed by atoms with Gasteiger partial charge in [0, 0.05) is 44.8 Å². The topological polar surface area (TPSA) is 67.2 Å². The Morgan fingerprint density at radius 2 is 2.09 bits per heavy atom. The molecule has 0 N–H and O–H groups in total. The maximum Gasteiger partial charge on any atom is 0.329 e. The first-order valence-corrected chi connectivity index (χ1v) is 7.45. The second kappa shape index (κ2) is 6.13. The van der Waals surface area contributed by atoms with Crippen LogP contribution in [0.4, 0.5) is 10.6 Å². The Morgan fingerprint density at radius 3 is 2.73 bits per heavy atom. The number of hydrogen-bond acceptors (Lipinski definition) is 5. The maximum absolute atomic E-state index is 12.3. The van der Waals surface area contributed by atoms with Crippen molar-refractivity contribution in [1.29, 1.82) is 0 Å². The number of hydrogen-bond donors (Lipinski definition) is 0. The predicted molar refractivity (Wildman–Crippen MR) is 82.8 cm³/mol. The molecule has 0 atom stereocenters. The third-order valence-electron chi connectivity index (χ3n) is 4.12. The lowest BCUT2D eigenvalue weighted by atomic mass is 10.0. The van der Waals surface area contributed by atoms with Gasteiger partial charge in [-0.25, -0.2) is 19.7 Å². The Balaban J connectivity index is 1.61. The van der Waals surface area contributed by atoms with Crippen LogP contribution in [0.5, 0.6) is 0 Å². The van der Waals surface area contributed by atoms with Crippen molar-refractivity contribution in [2.45, 2.75) is 25.8 Å². The number of carbonyl (C=O) groups is 1. The highest BCUT2D eigenvalue weighted by molar-refractivity contribution is 5.76. The molecular weight excluding hydrogens is 280 g/mol. The Bertz CT molecular complexity index is 633. The van der Waals surface area contributed by atoms with Gasteiger partial charge in [-0.3, -0.25) is 4.57 Å². The van der Waals surface area contributed by atoms with Gasteiger partial charge in [0.25, 0.3) is 0 Å². The van der Waals surface area contributed by atoms with Crippen LogP contribution in [0.2, 0.25) is 0 Å². The minimum absolute atomic E-state index is 0.0335. The van der Waals surface area contributed by atoms with Gasteiger partial charge in [0.15, 0.2) is 0 Å². The van der Waals surface area contributed by atoms with Crippen molar-refractivity contribution < 1.29 is 4.79 Å². The molecular formula is C15H20N6O. The van der Waals surface area contributed by atoms with Crippen molar-refractivity contribution >= 4 is 11.8 Å². The molecule has 0 aromatic carbocycles. The van der Waals surface area contributed by atoms with Crippen molar-refractivity contribution in [2.75, 3.05) is 25.0 Å². The highest BCUT2D eigenvalue weighted by Crippen LogP contribution is 2.20. The van der Waals surface area contributed by atoms with Gasteiger partial charge in [-0.05, 0) is 25.8 Å². The van der Waals surface area contributed by atoms with E-state index in [0.717, 1.165) is 37.6 Å². The van der Waals surface area contributed by atoms with E-state index in [-0.39, 0.29) is 12.1 Å². The summed E-state index contributed by atoms with van der Waals surface area (Å²) in [4.78, 5) is 28.9. The molecule has 0 saturated carbocycles. The van der Waals surface area contributed by atoms with Gasteiger partial charge in [0.05, 0.1) is 0 Å². The van der Waals surface area contributed by atoms with Crippen molar-refractivity contribution in [1.82, 2.24) is 24.4 Å². The van der Waals surface area contributed by atoms with Crippen LogP contribution in [0.25, 0.3) is 0 Å². The minimum atomic E-state index is -0.0335. The first kappa shape index (κ1) is 14.5. The van der Waals surface area contributed by atoms with E-state index < -0.39 is 0 Å². The zero-order valence-corrected chi connectivity index (χ0v) is 12.9. The predicted octanol–water partition coefficient (Wildman–Crippen LogP) is 1.55. The van der Waals surface area contributed by atoms with Crippen molar-refractivity contribution in [3.05, 3.63) is 36.8 Å². The number of amides is 1. The molecule has 0 bridgehead atoms. The molecule has 3 heterocycles. The fourth-order valence-electron chi connectivity index (χ4n) is 2.81. The van der Waals surface area contributed by atoms with Gasteiger partial charge in [-0.1, -0.05) is 0 Å². The molecule has 1 aliphatic heterocycles. The summed E-state index contributed by atoms with van der Waals surface area (Å²) in [5.41, 5.74) is 0. The summed E-state index contributed by atoms with van der Waals surface area (Å²) < 4.78 is 1.51. The van der Waals surface area contributed by atoms with E-state index in [1.165, 1.54) is 10.9 Å². The molecule has 1 saturated heterocycles. The van der Waals surface area contributed by atoms with E-state index in [0.29, 0.717) is 0 Å². The molecule has 1 fully saturated rings. The van der Waals surface area contributed by atoms with E-state index >= 15 is 0 Å². The van der Waals surface area contributed by atoms with Gasteiger partial charge in [0.1, 0.15) is 18.0 Å². The number of aryl methyl sites for hydroxylation is 1. The summed E-state index contributed by atoms with van der Waals surface area (Å²) in [6.07, 6.45) is 8.49. The molecule has 22 heavy (non-hydrogen) atoms. The molecule has 3 rings (SSSR count). The number of anilines is 1. The Labute approximate surface area is 129 Å². The molecule has 2 aromatic heterocycles. The molecule has 0 spiro atoms. The summed E-state index contributed by atoms with van der Waals surface area (Å²) >= 11 is 0. The van der Waals surface area contributed by atoms with Gasteiger partial charge >= 0.3 is 6.03 Å². The molecule has 2 aromatic rings. The molecule has 116 valence electrons. The van der Waals surface area contributed by atoms with Crippen LogP contribution in [-0.4, -0.2) is 56.6 Å². The molecule has 0 radical (unpaired) electrons. The van der Waals surface area contributed by atoms with Crippen LogP contribution >= 0.6 is 0 Å². The fourth-order valence-corrected chi connectivity index (χ4v) is 2.81. The monoisotopic (exact) mass is 300 g/mol. The normalized spacial score (nSPS) is 15.8. The van der Waals surface area contributed by atoms with E-state index in [1.807, 2.05) is 24.9 Å². The summed E-state index contributed by atoms with van der Waals surface area (Å²) in [6.45, 7) is 3.68. The molecule has 0 aliphatic carbocycles. The number of rotatable bonds is 2. The zero-order chi connectivity index (χ0) is 15.5. The van der Waals surface area contributed by atoms with E-state index in [2.05, 4.69) is 19.9 Å². The van der Waals surface area contributed by atoms with Crippen LogP contribution in [-0.2, 0) is 0 Å². The zero-order valence-electron chi connectivity index (χ0n) is 12.9.